The molecule has 2 N–H and O–H groups in total. The Hall–Kier alpha value is -2.13. The third kappa shape index (κ3) is 5.02. The number of nitrogens with one attached hydrogen (secondary N) is 1. The molecule has 1 aromatic rings. The number of hydrogen-bond donors (Lipinski definition) is 2. The van der Waals surface area contributed by atoms with E-state index >= 15 is 0 Å². The normalized spacial score (nSPS) is 23.8. The van der Waals surface area contributed by atoms with E-state index < -0.39 is 53.4 Å². The van der Waals surface area contributed by atoms with Crippen LogP contribution in [0.4, 0.5) is 4.79 Å². The lowest BCUT2D eigenvalue weighted by molar-refractivity contribution is -0.165. The van der Waals surface area contributed by atoms with Gasteiger partial charge in [0.05, 0.1) is 6.42 Å². The van der Waals surface area contributed by atoms with Crippen molar-refractivity contribution in [3.8, 4) is 0 Å². The van der Waals surface area contributed by atoms with Crippen LogP contribution in [0.1, 0.15) is 58.9 Å². The summed E-state index contributed by atoms with van der Waals surface area (Å²) in [7, 11) is 0. The maximum atomic E-state index is 12.9. The van der Waals surface area contributed by atoms with Crippen LogP contribution in [0.3, 0.4) is 0 Å². The molecule has 1 aromatic heterocycles. The molecule has 3 atom stereocenters. The standard InChI is InChI=1S/C19H27NO7S/c1-17(2,3)15-25-14(23)19(26-15,10-12(21)22)13(11-8-7-9-28-11)20-16(24)27-18(4,5)6/h7-9,13,15H,10H2,1-6H3,(H,20,24)(H,21,22)/t13-,15-,19-/m1/s1. The predicted octanol–water partition coefficient (Wildman–Crippen LogP) is 3.47. The van der Waals surface area contributed by atoms with Crippen molar-refractivity contribution < 1.29 is 33.7 Å². The van der Waals surface area contributed by atoms with E-state index in [1.165, 1.54) is 11.3 Å². The van der Waals surface area contributed by atoms with Crippen molar-refractivity contribution in [1.29, 1.82) is 0 Å². The van der Waals surface area contributed by atoms with Crippen molar-refractivity contribution in [1.82, 2.24) is 5.32 Å². The number of alkyl carbamates (subject to hydrolysis) is 1. The molecule has 1 aliphatic rings. The van der Waals surface area contributed by atoms with E-state index in [9.17, 15) is 19.5 Å². The number of thiophene rings is 1. The smallest absolute Gasteiger partial charge is 0.408 e. The van der Waals surface area contributed by atoms with Crippen LogP contribution in [0.25, 0.3) is 0 Å². The fraction of sp³-hybridized carbons (Fsp3) is 0.632. The highest BCUT2D eigenvalue weighted by Gasteiger charge is 2.60. The topological polar surface area (TPSA) is 111 Å². The Morgan fingerprint density at radius 2 is 1.96 bits per heavy atom. The zero-order valence-electron chi connectivity index (χ0n) is 16.9. The number of carboxylic acid groups (broad SMARTS) is 1. The van der Waals surface area contributed by atoms with Gasteiger partial charge in [0.25, 0.3) is 0 Å². The maximum absolute atomic E-state index is 12.9. The van der Waals surface area contributed by atoms with E-state index in [1.807, 2.05) is 20.8 Å². The summed E-state index contributed by atoms with van der Waals surface area (Å²) in [6, 6.07) is 2.34. The van der Waals surface area contributed by atoms with Crippen LogP contribution >= 0.6 is 11.3 Å². The van der Waals surface area contributed by atoms with Gasteiger partial charge in [-0.25, -0.2) is 9.59 Å². The van der Waals surface area contributed by atoms with Gasteiger partial charge in [-0.05, 0) is 32.2 Å². The van der Waals surface area contributed by atoms with Gasteiger partial charge in [-0.1, -0.05) is 26.8 Å². The van der Waals surface area contributed by atoms with Crippen molar-refractivity contribution in [2.45, 2.75) is 71.5 Å². The van der Waals surface area contributed by atoms with Crippen LogP contribution in [0.5, 0.6) is 0 Å². The van der Waals surface area contributed by atoms with E-state index in [4.69, 9.17) is 14.2 Å². The zero-order chi connectivity index (χ0) is 21.3. The predicted molar refractivity (Wildman–Crippen MR) is 102 cm³/mol. The molecule has 0 radical (unpaired) electrons. The van der Waals surface area contributed by atoms with Crippen molar-refractivity contribution in [3.05, 3.63) is 22.4 Å². The first-order chi connectivity index (χ1) is 12.7. The van der Waals surface area contributed by atoms with Gasteiger partial charge in [-0.3, -0.25) is 4.79 Å². The molecule has 1 amide bonds. The molecule has 0 unspecified atom stereocenters. The van der Waals surface area contributed by atoms with E-state index in [2.05, 4.69) is 5.32 Å². The Balaban J connectivity index is 2.47. The Morgan fingerprint density at radius 3 is 2.39 bits per heavy atom. The van der Waals surface area contributed by atoms with Crippen molar-refractivity contribution in [2.24, 2.45) is 5.41 Å². The van der Waals surface area contributed by atoms with Gasteiger partial charge in [0, 0.05) is 10.3 Å². The van der Waals surface area contributed by atoms with Gasteiger partial charge in [0.15, 0.2) is 0 Å². The van der Waals surface area contributed by atoms with Crippen LogP contribution in [0, 0.1) is 5.41 Å². The lowest BCUT2D eigenvalue weighted by atomic mass is 9.89. The molecule has 8 nitrogen and oxygen atoms in total. The van der Waals surface area contributed by atoms with E-state index in [0.29, 0.717) is 4.88 Å². The second kappa shape index (κ2) is 7.71. The highest BCUT2D eigenvalue weighted by Crippen LogP contribution is 2.44. The number of esters is 1. The van der Waals surface area contributed by atoms with Gasteiger partial charge < -0.3 is 24.6 Å². The first-order valence-corrected chi connectivity index (χ1v) is 9.76. The molecule has 28 heavy (non-hydrogen) atoms. The van der Waals surface area contributed by atoms with Gasteiger partial charge >= 0.3 is 18.0 Å². The van der Waals surface area contributed by atoms with Crippen LogP contribution in [-0.4, -0.2) is 40.6 Å². The summed E-state index contributed by atoms with van der Waals surface area (Å²) in [6.07, 6.45) is -2.41. The van der Waals surface area contributed by atoms with Gasteiger partial charge in [-0.15, -0.1) is 11.3 Å². The molecule has 9 heteroatoms. The van der Waals surface area contributed by atoms with Crippen LogP contribution in [-0.2, 0) is 23.8 Å². The fourth-order valence-corrected chi connectivity index (χ4v) is 3.60. The minimum absolute atomic E-state index is 0.554. The molecule has 0 aromatic carbocycles. The Labute approximate surface area is 168 Å². The second-order valence-electron chi connectivity index (χ2n) is 8.78. The van der Waals surface area contributed by atoms with Crippen LogP contribution in [0.2, 0.25) is 0 Å². The van der Waals surface area contributed by atoms with Crippen LogP contribution < -0.4 is 5.32 Å². The number of carboxylic acids is 1. The van der Waals surface area contributed by atoms with Crippen molar-refractivity contribution >= 4 is 29.4 Å². The highest BCUT2D eigenvalue weighted by atomic mass is 32.1. The first kappa shape index (κ1) is 22.2. The summed E-state index contributed by atoms with van der Waals surface area (Å²) in [5.41, 5.74) is -3.26. The number of rotatable bonds is 5. The Kier molecular flexibility index (Phi) is 6.10. The SMILES string of the molecule is CC(C)(C)OC(=O)N[C@H](c1cccs1)[C@@]1(CC(=O)O)O[C@H](C(C)(C)C)OC1=O. The van der Waals surface area contributed by atoms with E-state index in [0.717, 1.165) is 0 Å². The van der Waals surface area contributed by atoms with E-state index in [1.54, 1.807) is 38.3 Å². The quantitative estimate of drug-likeness (QED) is 0.711. The molecule has 0 saturated carbocycles. The summed E-state index contributed by atoms with van der Waals surface area (Å²) in [5.74, 6) is -2.08. The largest absolute Gasteiger partial charge is 0.481 e. The fourth-order valence-electron chi connectivity index (χ4n) is 2.74. The summed E-state index contributed by atoms with van der Waals surface area (Å²) < 4.78 is 16.6. The Bertz CT molecular complexity index is 732. The molecule has 0 aliphatic carbocycles. The van der Waals surface area contributed by atoms with Crippen LogP contribution in [0.15, 0.2) is 17.5 Å². The molecule has 1 aliphatic heterocycles. The second-order valence-corrected chi connectivity index (χ2v) is 9.76. The molecule has 0 bridgehead atoms. The minimum Gasteiger partial charge on any atom is -0.481 e. The number of carbonyl (C=O) groups excluding carboxylic acids is 2. The molecule has 0 spiro atoms. The molecule has 1 saturated heterocycles. The van der Waals surface area contributed by atoms with Crippen molar-refractivity contribution in [3.63, 3.8) is 0 Å². The molecular weight excluding hydrogens is 386 g/mol. The maximum Gasteiger partial charge on any atom is 0.408 e. The average Bonchev–Trinajstić information content (AvgIpc) is 3.11. The number of hydrogen-bond acceptors (Lipinski definition) is 7. The summed E-state index contributed by atoms with van der Waals surface area (Å²) in [5, 5.41) is 13.9. The van der Waals surface area contributed by atoms with Gasteiger partial charge in [0.2, 0.25) is 11.9 Å². The lowest BCUT2D eigenvalue weighted by Crippen LogP contribution is -2.52. The number of amides is 1. The van der Waals surface area contributed by atoms with Gasteiger partial charge in [-0.2, -0.15) is 0 Å². The third-order valence-electron chi connectivity index (χ3n) is 3.95. The number of ether oxygens (including phenoxy) is 3. The summed E-state index contributed by atoms with van der Waals surface area (Å²) >= 11 is 1.26. The molecular formula is C19H27NO7S. The molecule has 156 valence electrons. The highest BCUT2D eigenvalue weighted by molar-refractivity contribution is 7.10. The number of carbonyl (C=O) groups is 3. The van der Waals surface area contributed by atoms with Crippen molar-refractivity contribution in [2.75, 3.05) is 0 Å². The zero-order valence-corrected chi connectivity index (χ0v) is 17.7. The monoisotopic (exact) mass is 413 g/mol. The first-order valence-electron chi connectivity index (χ1n) is 8.88. The molecule has 2 rings (SSSR count). The summed E-state index contributed by atoms with van der Waals surface area (Å²) in [4.78, 5) is 37.5. The minimum atomic E-state index is -1.91. The van der Waals surface area contributed by atoms with Gasteiger partial charge in [0.1, 0.15) is 11.6 Å². The Morgan fingerprint density at radius 1 is 1.32 bits per heavy atom. The third-order valence-corrected chi connectivity index (χ3v) is 4.89. The average molecular weight is 413 g/mol. The molecule has 2 heterocycles. The van der Waals surface area contributed by atoms with E-state index in [-0.39, 0.29) is 0 Å². The lowest BCUT2D eigenvalue weighted by Gasteiger charge is -2.34. The number of cyclic esters (lactones) is 1. The molecule has 1 fully saturated rings. The number of aliphatic carboxylic acids is 1. The summed E-state index contributed by atoms with van der Waals surface area (Å²) in [6.45, 7) is 10.5.